The summed E-state index contributed by atoms with van der Waals surface area (Å²) >= 11 is 0. The molecule has 1 saturated heterocycles. The van der Waals surface area contributed by atoms with Crippen molar-refractivity contribution in [3.05, 3.63) is 23.8 Å². The molecule has 1 aliphatic carbocycles. The van der Waals surface area contributed by atoms with E-state index in [1.807, 2.05) is 12.1 Å². The summed E-state index contributed by atoms with van der Waals surface area (Å²) in [6, 6.07) is 6.10. The molecule has 1 aromatic carbocycles. The van der Waals surface area contributed by atoms with Crippen molar-refractivity contribution in [3.63, 3.8) is 0 Å². The first-order valence-corrected chi connectivity index (χ1v) is 6.19. The highest BCUT2D eigenvalue weighted by atomic mass is 16.6. The van der Waals surface area contributed by atoms with E-state index in [1.54, 1.807) is 7.11 Å². The van der Waals surface area contributed by atoms with E-state index in [9.17, 15) is 0 Å². The maximum Gasteiger partial charge on any atom is 0.138 e. The predicted molar refractivity (Wildman–Crippen MR) is 62.7 cm³/mol. The first kappa shape index (κ1) is 9.77. The Labute approximate surface area is 101 Å². The molecule has 90 valence electrons. The number of ether oxygens (including phenoxy) is 3. The van der Waals surface area contributed by atoms with Gasteiger partial charge in [0, 0.05) is 11.0 Å². The molecule has 3 atom stereocenters. The number of hydrogen-bond donors (Lipinski definition) is 0. The molecular weight excluding hydrogens is 216 g/mol. The summed E-state index contributed by atoms with van der Waals surface area (Å²) in [5.41, 5.74) is 1.30. The second-order valence-electron chi connectivity index (χ2n) is 5.52. The number of epoxide rings is 1. The van der Waals surface area contributed by atoms with Gasteiger partial charge in [-0.2, -0.15) is 0 Å². The van der Waals surface area contributed by atoms with Crippen LogP contribution in [0.1, 0.15) is 25.3 Å². The summed E-state index contributed by atoms with van der Waals surface area (Å²) in [6.07, 6.45) is 2.47. The van der Waals surface area contributed by atoms with E-state index in [1.165, 1.54) is 5.56 Å². The second-order valence-corrected chi connectivity index (χ2v) is 5.52. The molecule has 2 heterocycles. The van der Waals surface area contributed by atoms with Crippen molar-refractivity contribution in [2.24, 2.45) is 0 Å². The molecule has 4 rings (SSSR count). The molecule has 0 amide bonds. The van der Waals surface area contributed by atoms with E-state index in [4.69, 9.17) is 14.2 Å². The molecule has 17 heavy (non-hydrogen) atoms. The van der Waals surface area contributed by atoms with Crippen LogP contribution in [-0.4, -0.2) is 25.4 Å². The third-order valence-electron chi connectivity index (χ3n) is 4.87. The topological polar surface area (TPSA) is 31.0 Å². The highest BCUT2D eigenvalue weighted by Gasteiger charge is 2.71. The average Bonchev–Trinajstić information content (AvgIpc) is 3.10. The molecule has 1 aromatic rings. The monoisotopic (exact) mass is 232 g/mol. The summed E-state index contributed by atoms with van der Waals surface area (Å²) in [5.74, 6) is 1.91. The summed E-state index contributed by atoms with van der Waals surface area (Å²) < 4.78 is 17.2. The molecule has 1 spiro atoms. The summed E-state index contributed by atoms with van der Waals surface area (Å²) in [6.45, 7) is 3.14. The Morgan fingerprint density at radius 1 is 1.41 bits per heavy atom. The van der Waals surface area contributed by atoms with Crippen LogP contribution in [-0.2, 0) is 10.2 Å². The van der Waals surface area contributed by atoms with E-state index in [2.05, 4.69) is 13.0 Å². The van der Waals surface area contributed by atoms with Crippen molar-refractivity contribution in [2.45, 2.75) is 36.9 Å². The highest BCUT2D eigenvalue weighted by Crippen LogP contribution is 2.63. The summed E-state index contributed by atoms with van der Waals surface area (Å²) in [5, 5.41) is 0. The van der Waals surface area contributed by atoms with Crippen LogP contribution in [0.2, 0.25) is 0 Å². The third-order valence-corrected chi connectivity index (χ3v) is 4.87. The standard InChI is InChI=1S/C14H16O3/c1-13-6-5-12(14(13)8-16-14)17-11-4-3-9(15-2)7-10(11)13/h3-4,7,12H,5-6,8H2,1-2H3/t12-,13+,14+/m1/s1. The van der Waals surface area contributed by atoms with Crippen LogP contribution in [0.25, 0.3) is 0 Å². The van der Waals surface area contributed by atoms with Gasteiger partial charge >= 0.3 is 0 Å². The van der Waals surface area contributed by atoms with Gasteiger partial charge < -0.3 is 14.2 Å². The molecular formula is C14H16O3. The maximum absolute atomic E-state index is 6.08. The predicted octanol–water partition coefficient (Wildman–Crippen LogP) is 2.28. The van der Waals surface area contributed by atoms with Gasteiger partial charge in [-0.05, 0) is 31.0 Å². The third kappa shape index (κ3) is 0.974. The zero-order valence-electron chi connectivity index (χ0n) is 10.2. The largest absolute Gasteiger partial charge is 0.497 e. The van der Waals surface area contributed by atoms with Gasteiger partial charge in [0.25, 0.3) is 0 Å². The number of fused-ring (bicyclic) bond motifs is 2. The first-order valence-electron chi connectivity index (χ1n) is 6.19. The molecule has 0 N–H and O–H groups in total. The zero-order valence-corrected chi connectivity index (χ0v) is 10.2. The van der Waals surface area contributed by atoms with Crippen LogP contribution >= 0.6 is 0 Å². The van der Waals surface area contributed by atoms with Gasteiger partial charge in [-0.25, -0.2) is 0 Å². The van der Waals surface area contributed by atoms with Crippen LogP contribution in [0.4, 0.5) is 0 Å². The highest BCUT2D eigenvalue weighted by molar-refractivity contribution is 5.52. The van der Waals surface area contributed by atoms with Gasteiger partial charge in [-0.3, -0.25) is 0 Å². The molecule has 0 aromatic heterocycles. The van der Waals surface area contributed by atoms with Crippen molar-refractivity contribution >= 4 is 0 Å². The lowest BCUT2D eigenvalue weighted by Gasteiger charge is -2.38. The Balaban J connectivity index is 1.93. The number of methoxy groups -OCH3 is 1. The quantitative estimate of drug-likeness (QED) is 0.696. The average molecular weight is 232 g/mol. The SMILES string of the molecule is COc1ccc2c(c1)[C@]1(C)CC[C@@H](O2)[C@@]12CO2. The lowest BCUT2D eigenvalue weighted by Crippen LogP contribution is -2.47. The van der Waals surface area contributed by atoms with Gasteiger partial charge in [0.1, 0.15) is 23.2 Å². The zero-order chi connectivity index (χ0) is 11.7. The Morgan fingerprint density at radius 3 is 2.94 bits per heavy atom. The van der Waals surface area contributed by atoms with E-state index < -0.39 is 0 Å². The Bertz CT molecular complexity index is 492. The maximum atomic E-state index is 6.08. The van der Waals surface area contributed by atoms with Crippen molar-refractivity contribution in [3.8, 4) is 11.5 Å². The molecule has 0 unspecified atom stereocenters. The van der Waals surface area contributed by atoms with Gasteiger partial charge in [-0.15, -0.1) is 0 Å². The normalized spacial score (nSPS) is 40.9. The van der Waals surface area contributed by atoms with Gasteiger partial charge in [0.05, 0.1) is 13.7 Å². The van der Waals surface area contributed by atoms with Crippen LogP contribution in [0.3, 0.4) is 0 Å². The van der Waals surface area contributed by atoms with E-state index in [0.29, 0.717) is 0 Å². The van der Waals surface area contributed by atoms with E-state index in [-0.39, 0.29) is 17.1 Å². The van der Waals surface area contributed by atoms with Crippen molar-refractivity contribution in [2.75, 3.05) is 13.7 Å². The van der Waals surface area contributed by atoms with Gasteiger partial charge in [0.2, 0.25) is 0 Å². The second kappa shape index (κ2) is 2.78. The van der Waals surface area contributed by atoms with Crippen LogP contribution < -0.4 is 9.47 Å². The van der Waals surface area contributed by atoms with Gasteiger partial charge in [-0.1, -0.05) is 6.92 Å². The minimum Gasteiger partial charge on any atom is -0.497 e. The number of hydrogen-bond acceptors (Lipinski definition) is 3. The molecule has 3 aliphatic rings. The Kier molecular flexibility index (Phi) is 1.60. The van der Waals surface area contributed by atoms with Crippen LogP contribution in [0.15, 0.2) is 18.2 Å². The van der Waals surface area contributed by atoms with Crippen LogP contribution in [0, 0.1) is 0 Å². The molecule has 2 fully saturated rings. The summed E-state index contributed by atoms with van der Waals surface area (Å²) in [7, 11) is 1.70. The number of benzene rings is 1. The van der Waals surface area contributed by atoms with Crippen molar-refractivity contribution < 1.29 is 14.2 Å². The minimum absolute atomic E-state index is 0.0492. The Morgan fingerprint density at radius 2 is 2.24 bits per heavy atom. The molecule has 0 radical (unpaired) electrons. The molecule has 3 nitrogen and oxygen atoms in total. The molecule has 2 bridgehead atoms. The van der Waals surface area contributed by atoms with Crippen LogP contribution in [0.5, 0.6) is 11.5 Å². The lowest BCUT2D eigenvalue weighted by molar-refractivity contribution is 0.0684. The van der Waals surface area contributed by atoms with E-state index >= 15 is 0 Å². The van der Waals surface area contributed by atoms with Gasteiger partial charge in [0.15, 0.2) is 0 Å². The first-order chi connectivity index (χ1) is 8.19. The molecule has 2 aliphatic heterocycles. The van der Waals surface area contributed by atoms with Crippen molar-refractivity contribution in [1.82, 2.24) is 0 Å². The minimum atomic E-state index is -0.0492. The fraction of sp³-hybridized carbons (Fsp3) is 0.571. The van der Waals surface area contributed by atoms with E-state index in [0.717, 1.165) is 30.9 Å². The Hall–Kier alpha value is -1.22. The lowest BCUT2D eigenvalue weighted by atomic mass is 9.71. The number of rotatable bonds is 1. The summed E-state index contributed by atoms with van der Waals surface area (Å²) in [4.78, 5) is 0. The fourth-order valence-corrected chi connectivity index (χ4v) is 3.64. The smallest absolute Gasteiger partial charge is 0.138 e. The molecule has 1 saturated carbocycles. The fourth-order valence-electron chi connectivity index (χ4n) is 3.64. The molecule has 3 heteroatoms. The van der Waals surface area contributed by atoms with Crippen molar-refractivity contribution in [1.29, 1.82) is 0 Å².